The smallest absolute Gasteiger partial charge is 0.430 e. The van der Waals surface area contributed by atoms with E-state index in [4.69, 9.17) is 14.6 Å². The van der Waals surface area contributed by atoms with Crippen LogP contribution in [0.2, 0.25) is 0 Å². The van der Waals surface area contributed by atoms with Gasteiger partial charge in [-0.3, -0.25) is 0 Å². The van der Waals surface area contributed by atoms with E-state index < -0.39 is 12.1 Å². The van der Waals surface area contributed by atoms with Crippen molar-refractivity contribution < 1.29 is 49.0 Å². The van der Waals surface area contributed by atoms with Gasteiger partial charge in [0, 0.05) is 5.56 Å². The molecule has 0 aliphatic rings. The van der Waals surface area contributed by atoms with E-state index in [0.717, 1.165) is 5.75 Å². The van der Waals surface area contributed by atoms with E-state index in [2.05, 4.69) is 43.3 Å². The molecule has 0 N–H and O–H groups in total. The van der Waals surface area contributed by atoms with Crippen LogP contribution >= 0.6 is 0 Å². The van der Waals surface area contributed by atoms with E-state index in [0.29, 0.717) is 0 Å². The van der Waals surface area contributed by atoms with Crippen LogP contribution in [-0.2, 0) is 4.79 Å². The van der Waals surface area contributed by atoms with E-state index >= 15 is 0 Å². The molecule has 23 heavy (non-hydrogen) atoms. The van der Waals surface area contributed by atoms with Crippen LogP contribution in [0, 0.1) is 14.1 Å². The molecule has 0 bridgehead atoms. The summed E-state index contributed by atoms with van der Waals surface area (Å²) in [5.41, 5.74) is 1.39. The highest BCUT2D eigenvalue weighted by Gasteiger charge is 2.28. The molecule has 0 unspecified atom stereocenters. The molecule has 0 heterocycles. The molecule has 0 atom stereocenters. The maximum absolute atomic E-state index is 10.5. The fourth-order valence-electron chi connectivity index (χ4n) is 1.41. The Morgan fingerprint density at radius 2 is 1.61 bits per heavy atom. The Hall–Kier alpha value is -1.77. The van der Waals surface area contributed by atoms with E-state index in [-0.39, 0.29) is 21.2 Å². The topological polar surface area (TPSA) is 49.4 Å². The molecule has 2 rings (SSSR count). The summed E-state index contributed by atoms with van der Waals surface area (Å²) < 4.78 is 39.6. The van der Waals surface area contributed by atoms with Gasteiger partial charge in [-0.15, -0.1) is 0 Å². The molecule has 3 nitrogen and oxygen atoms in total. The molecule has 0 aliphatic heterocycles. The first kappa shape index (κ1) is 19.3. The molecule has 124 valence electrons. The first-order valence-electron chi connectivity index (χ1n) is 6.36. The summed E-state index contributed by atoms with van der Waals surface area (Å²) in [7, 11) is 1.70. The highest BCUT2D eigenvalue weighted by atomic mass is 127. The quantitative estimate of drug-likeness (QED) is 0.604. The molecule has 0 fully saturated rings. The van der Waals surface area contributed by atoms with Crippen molar-refractivity contribution in [2.75, 3.05) is 7.11 Å². The zero-order chi connectivity index (χ0) is 17.5. The Bertz CT molecular complexity index is 640. The number of ether oxygens (including phenoxy) is 1. The van der Waals surface area contributed by atoms with Crippen LogP contribution in [0.1, 0.15) is 5.56 Å². The van der Waals surface area contributed by atoms with E-state index in [1.54, 1.807) is 7.11 Å². The molecular formula is C16H14F3IO3. The van der Waals surface area contributed by atoms with Crippen molar-refractivity contribution in [1.82, 2.24) is 0 Å². The molecule has 0 spiro atoms. The highest BCUT2D eigenvalue weighted by molar-refractivity contribution is 5.70. The Balaban J connectivity index is 0.000000322. The normalized spacial score (nSPS) is 10.5. The zero-order valence-corrected chi connectivity index (χ0v) is 14.5. The number of halogens is 4. The number of carbonyl (C=O) groups is 1. The van der Waals surface area contributed by atoms with Crippen LogP contribution < -0.4 is 31.0 Å². The molecule has 0 saturated heterocycles. The van der Waals surface area contributed by atoms with Crippen molar-refractivity contribution in [3.05, 3.63) is 61.2 Å². The van der Waals surface area contributed by atoms with Gasteiger partial charge < -0.3 is 14.6 Å². The largest absolute Gasteiger partial charge is 0.542 e. The number of methoxy groups -OCH3 is 1. The van der Waals surface area contributed by atoms with Gasteiger partial charge in [0.1, 0.15) is 11.7 Å². The Labute approximate surface area is 142 Å². The van der Waals surface area contributed by atoms with Gasteiger partial charge in [0.2, 0.25) is 0 Å². The summed E-state index contributed by atoms with van der Waals surface area (Å²) in [5.74, 6) is -2.08. The third kappa shape index (κ3) is 6.89. The van der Waals surface area contributed by atoms with Gasteiger partial charge >= 0.3 is 27.4 Å². The van der Waals surface area contributed by atoms with Gasteiger partial charge in [-0.05, 0) is 37.3 Å². The summed E-state index contributed by atoms with van der Waals surface area (Å²) in [6.45, 7) is 2.18. The average Bonchev–Trinajstić information content (AvgIpc) is 2.50. The first-order valence-corrected chi connectivity index (χ1v) is 8.52. The predicted octanol–water partition coefficient (Wildman–Crippen LogP) is -0.569. The molecule has 0 aromatic heterocycles. The summed E-state index contributed by atoms with van der Waals surface area (Å²) in [6, 6.07) is 17.0. The van der Waals surface area contributed by atoms with Crippen LogP contribution in [0.25, 0.3) is 0 Å². The SMILES string of the molecule is COc1ccc([I+]c2ccccc2C)cc1.O=C([O-])C(F)(F)F. The third-order valence-electron chi connectivity index (χ3n) is 2.57. The van der Waals surface area contributed by atoms with Crippen molar-refractivity contribution in [1.29, 1.82) is 0 Å². The summed E-state index contributed by atoms with van der Waals surface area (Å²) in [6.07, 6.45) is -5.19. The summed E-state index contributed by atoms with van der Waals surface area (Å²) >= 11 is -0.0667. The average molecular weight is 438 g/mol. The lowest BCUT2D eigenvalue weighted by atomic mass is 10.2. The number of aliphatic carboxylic acids is 1. The minimum atomic E-state index is -5.19. The van der Waals surface area contributed by atoms with Crippen LogP contribution in [0.4, 0.5) is 13.2 Å². The van der Waals surface area contributed by atoms with Crippen molar-refractivity contribution in [3.63, 3.8) is 0 Å². The number of carboxylic acid groups (broad SMARTS) is 1. The second kappa shape index (κ2) is 8.76. The summed E-state index contributed by atoms with van der Waals surface area (Å²) in [5, 5.41) is 8.78. The minimum absolute atomic E-state index is 0.0667. The number of alkyl halides is 3. The number of hydrogen-bond acceptors (Lipinski definition) is 3. The van der Waals surface area contributed by atoms with Crippen molar-refractivity contribution in [2.45, 2.75) is 13.1 Å². The molecule has 7 heteroatoms. The number of hydrogen-bond donors (Lipinski definition) is 0. The van der Waals surface area contributed by atoms with Crippen molar-refractivity contribution in [3.8, 4) is 5.75 Å². The number of benzene rings is 2. The van der Waals surface area contributed by atoms with Crippen molar-refractivity contribution >= 4 is 5.97 Å². The van der Waals surface area contributed by atoms with Crippen LogP contribution in [0.15, 0.2) is 48.5 Å². The Kier molecular flexibility index (Phi) is 7.34. The number of carboxylic acids is 1. The van der Waals surface area contributed by atoms with Gasteiger partial charge in [-0.2, -0.15) is 13.2 Å². The minimum Gasteiger partial charge on any atom is -0.542 e. The first-order chi connectivity index (χ1) is 10.7. The Morgan fingerprint density at radius 1 is 1.09 bits per heavy atom. The number of carbonyl (C=O) groups excluding carboxylic acids is 1. The van der Waals surface area contributed by atoms with Crippen LogP contribution in [0.3, 0.4) is 0 Å². The molecular weight excluding hydrogens is 424 g/mol. The standard InChI is InChI=1S/C14H14IO.C2HF3O2/c1-11-5-3-4-6-14(11)15-12-7-9-13(16-2)10-8-12;3-2(4,5)1(6)7/h3-10H,1-2H3;(H,6,7)/q+1;/p-1. The molecule has 2 aromatic rings. The third-order valence-corrected chi connectivity index (χ3v) is 5.70. The predicted molar refractivity (Wildman–Crippen MR) is 72.6 cm³/mol. The lowest BCUT2D eigenvalue weighted by Gasteiger charge is -2.03. The monoisotopic (exact) mass is 438 g/mol. The molecule has 0 aliphatic carbocycles. The molecule has 2 aromatic carbocycles. The molecule has 0 amide bonds. The second-order valence-corrected chi connectivity index (χ2v) is 7.23. The number of rotatable bonds is 3. The van der Waals surface area contributed by atoms with E-state index in [9.17, 15) is 13.2 Å². The fraction of sp³-hybridized carbons (Fsp3) is 0.188. The highest BCUT2D eigenvalue weighted by Crippen LogP contribution is 2.11. The molecule has 0 saturated carbocycles. The molecule has 0 radical (unpaired) electrons. The fourth-order valence-corrected chi connectivity index (χ4v) is 3.79. The van der Waals surface area contributed by atoms with E-state index in [1.807, 2.05) is 12.1 Å². The lowest BCUT2D eigenvalue weighted by molar-refractivity contribution is -0.598. The number of aryl methyl sites for hydroxylation is 1. The van der Waals surface area contributed by atoms with Gasteiger partial charge in [-0.1, -0.05) is 18.2 Å². The van der Waals surface area contributed by atoms with Gasteiger partial charge in [0.25, 0.3) is 0 Å². The second-order valence-electron chi connectivity index (χ2n) is 4.29. The van der Waals surface area contributed by atoms with Gasteiger partial charge in [-0.25, -0.2) is 0 Å². The van der Waals surface area contributed by atoms with E-state index in [1.165, 1.54) is 12.7 Å². The van der Waals surface area contributed by atoms with Gasteiger partial charge in [0.15, 0.2) is 7.14 Å². The van der Waals surface area contributed by atoms with Crippen molar-refractivity contribution in [2.24, 2.45) is 0 Å². The summed E-state index contributed by atoms with van der Waals surface area (Å²) in [4.78, 5) is 8.78. The van der Waals surface area contributed by atoms with Crippen LogP contribution in [0.5, 0.6) is 5.75 Å². The maximum Gasteiger partial charge on any atom is 0.430 e. The Morgan fingerprint density at radius 3 is 2.04 bits per heavy atom. The van der Waals surface area contributed by atoms with Crippen LogP contribution in [-0.4, -0.2) is 19.3 Å². The maximum atomic E-state index is 10.5. The van der Waals surface area contributed by atoms with Gasteiger partial charge in [0.05, 0.1) is 7.11 Å². The zero-order valence-electron chi connectivity index (χ0n) is 12.4. The lowest BCUT2D eigenvalue weighted by Crippen LogP contribution is -3.61.